The Hall–Kier alpha value is -0.940. The van der Waals surface area contributed by atoms with Gasteiger partial charge in [0.15, 0.2) is 0 Å². The Morgan fingerprint density at radius 1 is 0.420 bits per heavy atom. The van der Waals surface area contributed by atoms with Crippen molar-refractivity contribution in [3.8, 4) is 0 Å². The third-order valence-corrected chi connectivity index (χ3v) is 24.3. The monoisotopic (exact) mass is 985 g/mol. The lowest BCUT2D eigenvalue weighted by molar-refractivity contribution is -0.0992. The van der Waals surface area contributed by atoms with Crippen LogP contribution in [0.1, 0.15) is 195 Å². The number of hydrogen-bond acceptors (Lipinski definition) is 6. The fraction of sp³-hybridized carbons (Fsp3) is 0.803. The van der Waals surface area contributed by atoms with E-state index in [0.29, 0.717) is 60.9 Å². The van der Waals surface area contributed by atoms with Gasteiger partial charge in [0, 0.05) is 0 Å². The van der Waals surface area contributed by atoms with E-state index in [-0.39, 0.29) is 28.5 Å². The Morgan fingerprint density at radius 2 is 0.855 bits per heavy atom. The largest absolute Gasteiger partial charge is 0.332 e. The molecule has 0 amide bonds. The predicted molar refractivity (Wildman–Crippen MR) is 284 cm³/mol. The molecule has 2 aliphatic heterocycles. The Morgan fingerprint density at radius 3 is 1.39 bits per heavy atom. The van der Waals surface area contributed by atoms with E-state index in [2.05, 4.69) is 116 Å². The second-order valence-electron chi connectivity index (χ2n) is 26.9. The van der Waals surface area contributed by atoms with Crippen LogP contribution in [-0.2, 0) is 38.0 Å². The molecule has 2 aromatic rings. The molecule has 12 unspecified atom stereocenters. The van der Waals surface area contributed by atoms with Crippen LogP contribution in [0.4, 0.5) is 0 Å². The van der Waals surface area contributed by atoms with Crippen molar-refractivity contribution >= 4 is 17.2 Å². The molecule has 0 radical (unpaired) electrons. The van der Waals surface area contributed by atoms with Crippen molar-refractivity contribution in [3.63, 3.8) is 0 Å². The van der Waals surface area contributed by atoms with Gasteiger partial charge in [-0.1, -0.05) is 174 Å². The lowest BCUT2D eigenvalue weighted by atomic mass is 9.51. The van der Waals surface area contributed by atoms with Crippen LogP contribution in [0.5, 0.6) is 0 Å². The molecule has 2 saturated heterocycles. The minimum atomic E-state index is -1.48. The summed E-state index contributed by atoms with van der Waals surface area (Å²) in [5, 5.41) is 0. The van der Waals surface area contributed by atoms with E-state index in [1.165, 1.54) is 127 Å². The molecular formula is C61H94O6P2. The zero-order chi connectivity index (χ0) is 48.0. The minimum absolute atomic E-state index is 0.0466. The first-order valence-corrected chi connectivity index (χ1v) is 30.9. The van der Waals surface area contributed by atoms with E-state index >= 15 is 0 Å². The SMILES string of the molecule is CC(C)(c1ccccc1)C1CC(C(C)(C)C2CCC3CCCCC3C2)CCC1OP1OCC2(CO1)COP(OC1CCC(C(C)(C)C3CCCC4CCCCC43)CC1C(C)(C)c1ccccc1)OC2. The molecule has 1 spiro atoms. The van der Waals surface area contributed by atoms with Crippen LogP contribution in [-0.4, -0.2) is 38.6 Å². The summed E-state index contributed by atoms with van der Waals surface area (Å²) in [6, 6.07) is 22.5. The number of fused-ring (bicyclic) bond motifs is 2. The van der Waals surface area contributed by atoms with Crippen LogP contribution in [0.25, 0.3) is 0 Å². The summed E-state index contributed by atoms with van der Waals surface area (Å²) in [6.45, 7) is 22.6. The summed E-state index contributed by atoms with van der Waals surface area (Å²) in [4.78, 5) is 0. The topological polar surface area (TPSA) is 55.4 Å². The van der Waals surface area contributed by atoms with Crippen LogP contribution >= 0.6 is 17.2 Å². The van der Waals surface area contributed by atoms with Crippen LogP contribution < -0.4 is 0 Å². The second-order valence-corrected chi connectivity index (χ2v) is 29.3. The summed E-state index contributed by atoms with van der Waals surface area (Å²) in [5.74, 6) is 7.58. The zero-order valence-corrected chi connectivity index (χ0v) is 46.3. The molecule has 2 heterocycles. The van der Waals surface area contributed by atoms with Crippen LogP contribution in [0.3, 0.4) is 0 Å². The molecular weight excluding hydrogens is 891 g/mol. The fourth-order valence-electron chi connectivity index (χ4n) is 17.0. The van der Waals surface area contributed by atoms with E-state index in [1.807, 2.05) is 0 Å². The molecule has 0 aromatic heterocycles. The van der Waals surface area contributed by atoms with E-state index in [4.69, 9.17) is 27.1 Å². The van der Waals surface area contributed by atoms with Gasteiger partial charge < -0.3 is 27.1 Å². The van der Waals surface area contributed by atoms with Crippen molar-refractivity contribution < 1.29 is 27.1 Å². The van der Waals surface area contributed by atoms with Gasteiger partial charge in [-0.3, -0.25) is 0 Å². The Bertz CT molecular complexity index is 1930. The highest BCUT2D eigenvalue weighted by atomic mass is 31.2. The molecule has 8 heteroatoms. The summed E-state index contributed by atoms with van der Waals surface area (Å²) < 4.78 is 40.7. The molecule has 0 N–H and O–H groups in total. The molecule has 6 saturated carbocycles. The quantitative estimate of drug-likeness (QED) is 0.198. The van der Waals surface area contributed by atoms with Crippen molar-refractivity contribution in [3.05, 3.63) is 71.8 Å². The van der Waals surface area contributed by atoms with Gasteiger partial charge >= 0.3 is 17.2 Å². The smallest absolute Gasteiger partial charge is 0.311 e. The van der Waals surface area contributed by atoms with Gasteiger partial charge in [-0.05, 0) is 163 Å². The van der Waals surface area contributed by atoms with Gasteiger partial charge in [-0.15, -0.1) is 0 Å². The fourth-order valence-corrected chi connectivity index (χ4v) is 19.9. The first-order chi connectivity index (χ1) is 33.1. The van der Waals surface area contributed by atoms with E-state index in [0.717, 1.165) is 48.3 Å². The number of benzene rings is 2. The number of rotatable bonds is 12. The average molecular weight is 985 g/mol. The molecule has 12 atom stereocenters. The molecule has 384 valence electrons. The molecule has 8 aliphatic rings. The van der Waals surface area contributed by atoms with Crippen molar-refractivity contribution in [1.29, 1.82) is 0 Å². The normalized spacial score (nSPS) is 39.6. The summed E-state index contributed by atoms with van der Waals surface area (Å²) in [7, 11) is -2.96. The second kappa shape index (κ2) is 21.4. The molecule has 69 heavy (non-hydrogen) atoms. The highest BCUT2D eigenvalue weighted by molar-refractivity contribution is 7.42. The average Bonchev–Trinajstić information content (AvgIpc) is 3.38. The third kappa shape index (κ3) is 10.8. The van der Waals surface area contributed by atoms with Crippen LogP contribution in [0.15, 0.2) is 60.7 Å². The van der Waals surface area contributed by atoms with Gasteiger partial charge in [0.05, 0.1) is 44.1 Å². The van der Waals surface area contributed by atoms with Gasteiger partial charge in [0.2, 0.25) is 0 Å². The Kier molecular flexibility index (Phi) is 16.0. The lowest BCUT2D eigenvalue weighted by Gasteiger charge is -2.55. The summed E-state index contributed by atoms with van der Waals surface area (Å²) >= 11 is 0. The molecule has 0 bridgehead atoms. The molecule has 2 aromatic carbocycles. The van der Waals surface area contributed by atoms with Gasteiger partial charge in [-0.25, -0.2) is 0 Å². The van der Waals surface area contributed by atoms with Gasteiger partial charge in [-0.2, -0.15) is 0 Å². The van der Waals surface area contributed by atoms with Crippen LogP contribution in [0, 0.1) is 75.4 Å². The van der Waals surface area contributed by atoms with Gasteiger partial charge in [0.25, 0.3) is 0 Å². The Labute approximate surface area is 423 Å². The summed E-state index contributed by atoms with van der Waals surface area (Å²) in [5.41, 5.74) is 3.00. The highest BCUT2D eigenvalue weighted by Gasteiger charge is 2.54. The Balaban J connectivity index is 0.766. The molecule has 6 nitrogen and oxygen atoms in total. The van der Waals surface area contributed by atoms with Gasteiger partial charge in [0.1, 0.15) is 0 Å². The first-order valence-electron chi connectivity index (χ1n) is 28.7. The van der Waals surface area contributed by atoms with E-state index < -0.39 is 17.2 Å². The van der Waals surface area contributed by atoms with Crippen LogP contribution in [0.2, 0.25) is 0 Å². The van der Waals surface area contributed by atoms with Crippen molar-refractivity contribution in [1.82, 2.24) is 0 Å². The minimum Gasteiger partial charge on any atom is -0.311 e. The summed E-state index contributed by atoms with van der Waals surface area (Å²) in [6.07, 6.45) is 27.4. The molecule has 10 rings (SSSR count). The molecule has 6 aliphatic carbocycles. The van der Waals surface area contributed by atoms with Crippen molar-refractivity contribution in [2.75, 3.05) is 26.4 Å². The third-order valence-electron chi connectivity index (χ3n) is 22.0. The maximum atomic E-state index is 7.09. The maximum absolute atomic E-state index is 7.09. The standard InChI is InChI=1S/C61H94O6P2/c1-57(2,48-31-30-43-20-15-16-22-45(43)36-48)49-32-34-55(53(37-49)58(3,4)46-24-11-9-12-25-46)66-68-62-39-61(40-63-68)41-64-69(65-42-61)67-56-35-33-50(38-54(56)59(5,6)47-26-13-10-14-27-47)60(7,8)52-29-19-23-44-21-17-18-28-51(44)52/h9-14,24-27,43-45,48-56H,15-23,28-42H2,1-8H3. The van der Waals surface area contributed by atoms with E-state index in [9.17, 15) is 0 Å². The highest BCUT2D eigenvalue weighted by Crippen LogP contribution is 2.62. The van der Waals surface area contributed by atoms with Crippen molar-refractivity contribution in [2.45, 2.75) is 207 Å². The predicted octanol–water partition coefficient (Wildman–Crippen LogP) is 17.3. The first kappa shape index (κ1) is 51.5. The molecule has 8 fully saturated rings. The lowest BCUT2D eigenvalue weighted by Crippen LogP contribution is -2.49. The zero-order valence-electron chi connectivity index (χ0n) is 44.5. The van der Waals surface area contributed by atoms with E-state index in [1.54, 1.807) is 0 Å². The number of hydrogen-bond donors (Lipinski definition) is 0. The van der Waals surface area contributed by atoms with Crippen molar-refractivity contribution in [2.24, 2.45) is 75.4 Å². The maximum Gasteiger partial charge on any atom is 0.332 e.